The van der Waals surface area contributed by atoms with Crippen molar-refractivity contribution < 1.29 is 4.74 Å². The van der Waals surface area contributed by atoms with Gasteiger partial charge in [0.15, 0.2) is 0 Å². The second-order valence-electron chi connectivity index (χ2n) is 5.77. The Morgan fingerprint density at radius 1 is 1.29 bits per heavy atom. The van der Waals surface area contributed by atoms with Crippen molar-refractivity contribution in [1.29, 1.82) is 0 Å². The minimum Gasteiger partial charge on any atom is -0.496 e. The van der Waals surface area contributed by atoms with Gasteiger partial charge in [0.2, 0.25) is 0 Å². The normalized spacial score (nSPS) is 15.8. The summed E-state index contributed by atoms with van der Waals surface area (Å²) in [5, 5.41) is 3.46. The van der Waals surface area contributed by atoms with E-state index >= 15 is 0 Å². The first-order valence-corrected chi connectivity index (χ1v) is 7.83. The standard InChI is InChI=1S/C17H28N2O.ClH/c1-4-11-19(16-7-9-18-10-8-16)13-15-12-14(2)5-6-17(15)20-3;/h5-6,12,16,18H,4,7-11,13H2,1-3H3;1H. The zero-order chi connectivity index (χ0) is 14.4. The van der Waals surface area contributed by atoms with E-state index in [1.807, 2.05) is 0 Å². The predicted molar refractivity (Wildman–Crippen MR) is 91.6 cm³/mol. The van der Waals surface area contributed by atoms with E-state index in [2.05, 4.69) is 42.3 Å². The Hall–Kier alpha value is -0.770. The fraction of sp³-hybridized carbons (Fsp3) is 0.647. The fourth-order valence-electron chi connectivity index (χ4n) is 3.10. The molecule has 0 atom stereocenters. The van der Waals surface area contributed by atoms with E-state index in [1.165, 1.54) is 36.9 Å². The van der Waals surface area contributed by atoms with Crippen molar-refractivity contribution in [1.82, 2.24) is 10.2 Å². The third-order valence-electron chi connectivity index (χ3n) is 4.15. The molecule has 1 heterocycles. The van der Waals surface area contributed by atoms with Crippen molar-refractivity contribution >= 4 is 12.4 Å². The van der Waals surface area contributed by atoms with Crippen molar-refractivity contribution in [2.45, 2.75) is 45.7 Å². The molecule has 1 aromatic rings. The molecule has 1 aromatic carbocycles. The molecule has 0 spiro atoms. The molecule has 4 heteroatoms. The molecule has 0 aliphatic carbocycles. The molecule has 1 aliphatic heterocycles. The van der Waals surface area contributed by atoms with E-state index in [0.29, 0.717) is 6.04 Å². The van der Waals surface area contributed by atoms with Crippen molar-refractivity contribution in [3.63, 3.8) is 0 Å². The Morgan fingerprint density at radius 3 is 2.62 bits per heavy atom. The fourth-order valence-corrected chi connectivity index (χ4v) is 3.10. The van der Waals surface area contributed by atoms with Crippen molar-refractivity contribution in [2.24, 2.45) is 0 Å². The summed E-state index contributed by atoms with van der Waals surface area (Å²) >= 11 is 0. The van der Waals surface area contributed by atoms with Crippen LogP contribution in [0.1, 0.15) is 37.3 Å². The molecule has 1 N–H and O–H groups in total. The summed E-state index contributed by atoms with van der Waals surface area (Å²) in [6, 6.07) is 7.19. The minimum atomic E-state index is 0. The van der Waals surface area contributed by atoms with Crippen LogP contribution in [-0.4, -0.2) is 37.7 Å². The van der Waals surface area contributed by atoms with Gasteiger partial charge in [0.25, 0.3) is 0 Å². The van der Waals surface area contributed by atoms with Crippen LogP contribution in [-0.2, 0) is 6.54 Å². The van der Waals surface area contributed by atoms with Crippen LogP contribution >= 0.6 is 12.4 Å². The Morgan fingerprint density at radius 2 is 2.00 bits per heavy atom. The lowest BCUT2D eigenvalue weighted by Crippen LogP contribution is -2.43. The molecule has 1 saturated heterocycles. The summed E-state index contributed by atoms with van der Waals surface area (Å²) in [6.45, 7) is 8.88. The maximum atomic E-state index is 5.53. The van der Waals surface area contributed by atoms with Crippen LogP contribution in [0.3, 0.4) is 0 Å². The highest BCUT2D eigenvalue weighted by molar-refractivity contribution is 5.85. The van der Waals surface area contributed by atoms with Gasteiger partial charge in [0, 0.05) is 18.2 Å². The van der Waals surface area contributed by atoms with Gasteiger partial charge in [0.1, 0.15) is 5.75 Å². The SMILES string of the molecule is CCCN(Cc1cc(C)ccc1OC)C1CCNCC1.Cl. The molecule has 120 valence electrons. The third-order valence-corrected chi connectivity index (χ3v) is 4.15. The van der Waals surface area contributed by atoms with Gasteiger partial charge in [-0.05, 0) is 51.9 Å². The first kappa shape index (κ1) is 18.3. The second kappa shape index (κ2) is 9.29. The van der Waals surface area contributed by atoms with Crippen molar-refractivity contribution in [3.05, 3.63) is 29.3 Å². The molecule has 1 aliphatic rings. The van der Waals surface area contributed by atoms with Crippen molar-refractivity contribution in [3.8, 4) is 5.75 Å². The van der Waals surface area contributed by atoms with E-state index in [4.69, 9.17) is 4.74 Å². The zero-order valence-corrected chi connectivity index (χ0v) is 14.3. The van der Waals surface area contributed by atoms with Crippen LogP contribution in [0.5, 0.6) is 5.75 Å². The number of nitrogens with zero attached hydrogens (tertiary/aromatic N) is 1. The summed E-state index contributed by atoms with van der Waals surface area (Å²) in [7, 11) is 1.77. The van der Waals surface area contributed by atoms with Crippen LogP contribution in [0.15, 0.2) is 18.2 Å². The average Bonchev–Trinajstić information content (AvgIpc) is 2.48. The summed E-state index contributed by atoms with van der Waals surface area (Å²) < 4.78 is 5.53. The van der Waals surface area contributed by atoms with Gasteiger partial charge in [-0.1, -0.05) is 24.6 Å². The molecule has 0 unspecified atom stereocenters. The molecular weight excluding hydrogens is 284 g/mol. The number of nitrogens with one attached hydrogen (secondary N) is 1. The van der Waals surface area contributed by atoms with Crippen LogP contribution in [0.2, 0.25) is 0 Å². The maximum absolute atomic E-state index is 5.53. The lowest BCUT2D eigenvalue weighted by atomic mass is 10.0. The average molecular weight is 313 g/mol. The predicted octanol–water partition coefficient (Wildman–Crippen LogP) is 3.39. The van der Waals surface area contributed by atoms with Crippen LogP contribution in [0, 0.1) is 6.92 Å². The number of benzene rings is 1. The van der Waals surface area contributed by atoms with Crippen LogP contribution < -0.4 is 10.1 Å². The van der Waals surface area contributed by atoms with E-state index in [0.717, 1.165) is 25.4 Å². The molecule has 0 bridgehead atoms. The quantitative estimate of drug-likeness (QED) is 0.871. The largest absolute Gasteiger partial charge is 0.496 e. The lowest BCUT2D eigenvalue weighted by molar-refractivity contribution is 0.152. The molecule has 0 aromatic heterocycles. The molecule has 1 fully saturated rings. The molecular formula is C17H29ClN2O. The third kappa shape index (κ3) is 5.17. The van der Waals surface area contributed by atoms with Crippen molar-refractivity contribution in [2.75, 3.05) is 26.7 Å². The molecule has 3 nitrogen and oxygen atoms in total. The van der Waals surface area contributed by atoms with E-state index in [1.54, 1.807) is 7.11 Å². The summed E-state index contributed by atoms with van der Waals surface area (Å²) in [5.41, 5.74) is 2.63. The van der Waals surface area contributed by atoms with E-state index < -0.39 is 0 Å². The number of aryl methyl sites for hydroxylation is 1. The number of piperidine rings is 1. The Bertz CT molecular complexity index is 419. The van der Waals surface area contributed by atoms with Gasteiger partial charge >= 0.3 is 0 Å². The topological polar surface area (TPSA) is 24.5 Å². The van der Waals surface area contributed by atoms with E-state index in [9.17, 15) is 0 Å². The number of ether oxygens (including phenoxy) is 1. The summed E-state index contributed by atoms with van der Waals surface area (Å²) in [6.07, 6.45) is 3.72. The Balaban J connectivity index is 0.00000220. The number of hydrogen-bond acceptors (Lipinski definition) is 3. The molecule has 21 heavy (non-hydrogen) atoms. The van der Waals surface area contributed by atoms with Gasteiger partial charge in [-0.3, -0.25) is 4.90 Å². The van der Waals surface area contributed by atoms with Gasteiger partial charge in [0.05, 0.1) is 7.11 Å². The van der Waals surface area contributed by atoms with Gasteiger partial charge < -0.3 is 10.1 Å². The monoisotopic (exact) mass is 312 g/mol. The number of rotatable bonds is 6. The molecule has 0 radical (unpaired) electrons. The zero-order valence-electron chi connectivity index (χ0n) is 13.5. The minimum absolute atomic E-state index is 0. The first-order valence-electron chi connectivity index (χ1n) is 7.83. The second-order valence-corrected chi connectivity index (χ2v) is 5.77. The van der Waals surface area contributed by atoms with Gasteiger partial charge in [-0.2, -0.15) is 0 Å². The Kier molecular flexibility index (Phi) is 8.09. The molecule has 0 saturated carbocycles. The van der Waals surface area contributed by atoms with Crippen LogP contribution in [0.4, 0.5) is 0 Å². The number of hydrogen-bond donors (Lipinski definition) is 1. The smallest absolute Gasteiger partial charge is 0.123 e. The number of halogens is 1. The summed E-state index contributed by atoms with van der Waals surface area (Å²) in [5.74, 6) is 1.02. The van der Waals surface area contributed by atoms with Gasteiger partial charge in [-0.25, -0.2) is 0 Å². The highest BCUT2D eigenvalue weighted by Gasteiger charge is 2.21. The maximum Gasteiger partial charge on any atom is 0.123 e. The highest BCUT2D eigenvalue weighted by Crippen LogP contribution is 2.24. The van der Waals surface area contributed by atoms with Crippen LogP contribution in [0.25, 0.3) is 0 Å². The van der Waals surface area contributed by atoms with E-state index in [-0.39, 0.29) is 12.4 Å². The lowest BCUT2D eigenvalue weighted by Gasteiger charge is -2.35. The van der Waals surface area contributed by atoms with Gasteiger partial charge in [-0.15, -0.1) is 12.4 Å². The first-order chi connectivity index (χ1) is 9.74. The molecule has 0 amide bonds. The highest BCUT2D eigenvalue weighted by atomic mass is 35.5. The Labute approximate surface area is 135 Å². The molecule has 2 rings (SSSR count). The summed E-state index contributed by atoms with van der Waals surface area (Å²) in [4.78, 5) is 2.64. The number of methoxy groups -OCH3 is 1.